The molecule has 8 heteroatoms. The van der Waals surface area contributed by atoms with E-state index in [1.165, 1.54) is 4.52 Å². The van der Waals surface area contributed by atoms with Gasteiger partial charge >= 0.3 is 5.97 Å². The molecule has 1 amide bonds. The third kappa shape index (κ3) is 1.97. The monoisotopic (exact) mass is 295 g/mol. The fraction of sp³-hybridized carbons (Fsp3) is 0.0714. The number of carbonyl (C=O) groups excluding carboxylic acids is 2. The van der Waals surface area contributed by atoms with Crippen LogP contribution in [0.4, 0.5) is 5.69 Å². The van der Waals surface area contributed by atoms with Crippen LogP contribution in [0.3, 0.4) is 0 Å². The number of nitrogens with zero attached hydrogens (tertiary/aromatic N) is 4. The molecular weight excluding hydrogens is 286 g/mol. The minimum absolute atomic E-state index is 0.231. The number of hydrogen-bond acceptors (Lipinski definition) is 6. The van der Waals surface area contributed by atoms with E-state index in [1.807, 2.05) is 0 Å². The average molecular weight is 295 g/mol. The van der Waals surface area contributed by atoms with E-state index in [0.29, 0.717) is 22.5 Å². The Hall–Kier alpha value is -3.29. The number of cyclic esters (lactones) is 1. The first-order valence-electron chi connectivity index (χ1n) is 6.50. The number of esters is 1. The second-order valence-corrected chi connectivity index (χ2v) is 4.80. The molecule has 0 atom stereocenters. The molecule has 0 spiro atoms. The predicted molar refractivity (Wildman–Crippen MR) is 74.3 cm³/mol. The summed E-state index contributed by atoms with van der Waals surface area (Å²) in [6, 6.07) is 8.34. The molecule has 4 rings (SSSR count). The van der Waals surface area contributed by atoms with E-state index >= 15 is 0 Å². The minimum atomic E-state index is -0.336. The molecule has 0 radical (unpaired) electrons. The fourth-order valence-electron chi connectivity index (χ4n) is 2.29. The van der Waals surface area contributed by atoms with Gasteiger partial charge in [0, 0.05) is 17.4 Å². The van der Waals surface area contributed by atoms with Gasteiger partial charge in [0.05, 0.1) is 11.1 Å². The first-order valence-corrected chi connectivity index (χ1v) is 6.50. The zero-order valence-electron chi connectivity index (χ0n) is 11.2. The molecule has 1 aliphatic heterocycles. The Kier molecular flexibility index (Phi) is 2.62. The second kappa shape index (κ2) is 4.62. The second-order valence-electron chi connectivity index (χ2n) is 4.80. The molecule has 0 aliphatic carbocycles. The lowest BCUT2D eigenvalue weighted by molar-refractivity contribution is 0.0535. The van der Waals surface area contributed by atoms with Crippen LogP contribution in [-0.4, -0.2) is 31.9 Å². The highest BCUT2D eigenvalue weighted by atomic mass is 16.5. The maximum Gasteiger partial charge on any atom is 0.338 e. The number of ether oxygens (including phenoxy) is 1. The summed E-state index contributed by atoms with van der Waals surface area (Å²) in [6.07, 6.45) is 1.55. The lowest BCUT2D eigenvalue weighted by Crippen LogP contribution is -2.13. The van der Waals surface area contributed by atoms with E-state index in [1.54, 1.807) is 36.5 Å². The minimum Gasteiger partial charge on any atom is -0.457 e. The molecule has 1 aliphatic rings. The van der Waals surface area contributed by atoms with Crippen LogP contribution >= 0.6 is 0 Å². The lowest BCUT2D eigenvalue weighted by Gasteiger charge is -2.06. The Balaban J connectivity index is 1.60. The first kappa shape index (κ1) is 12.5. The number of pyridine rings is 1. The summed E-state index contributed by atoms with van der Waals surface area (Å²) >= 11 is 0. The highest BCUT2D eigenvalue weighted by molar-refractivity contribution is 6.04. The number of benzene rings is 1. The number of amides is 1. The van der Waals surface area contributed by atoms with E-state index in [4.69, 9.17) is 4.74 Å². The summed E-state index contributed by atoms with van der Waals surface area (Å²) in [4.78, 5) is 23.6. The lowest BCUT2D eigenvalue weighted by atomic mass is 10.1. The molecule has 108 valence electrons. The highest BCUT2D eigenvalue weighted by Gasteiger charge is 2.21. The SMILES string of the molecule is O=C(Nc1ccc2c(c1)COC2=O)c1ccc2nnnn2c1. The zero-order valence-corrected chi connectivity index (χ0v) is 11.2. The van der Waals surface area contributed by atoms with Crippen molar-refractivity contribution in [3.05, 3.63) is 53.2 Å². The molecule has 0 fully saturated rings. The van der Waals surface area contributed by atoms with Gasteiger partial charge in [-0.3, -0.25) is 4.79 Å². The molecule has 22 heavy (non-hydrogen) atoms. The average Bonchev–Trinajstić information content (AvgIpc) is 3.13. The summed E-state index contributed by atoms with van der Waals surface area (Å²) in [5.74, 6) is -0.625. The Morgan fingerprint density at radius 3 is 3.09 bits per heavy atom. The van der Waals surface area contributed by atoms with Gasteiger partial charge < -0.3 is 10.1 Å². The van der Waals surface area contributed by atoms with Crippen LogP contribution in [0.15, 0.2) is 36.5 Å². The summed E-state index contributed by atoms with van der Waals surface area (Å²) in [5.41, 5.74) is 2.88. The third-order valence-electron chi connectivity index (χ3n) is 3.40. The van der Waals surface area contributed by atoms with Gasteiger partial charge in [0.2, 0.25) is 0 Å². The number of aromatic nitrogens is 4. The van der Waals surface area contributed by atoms with Crippen molar-refractivity contribution in [1.82, 2.24) is 20.0 Å². The number of tetrazole rings is 1. The van der Waals surface area contributed by atoms with Gasteiger partial charge in [-0.15, -0.1) is 5.10 Å². The molecule has 1 aromatic carbocycles. The maximum atomic E-state index is 12.3. The van der Waals surface area contributed by atoms with Gasteiger partial charge in [-0.25, -0.2) is 4.79 Å². The van der Waals surface area contributed by atoms with E-state index in [0.717, 1.165) is 5.56 Å². The van der Waals surface area contributed by atoms with E-state index < -0.39 is 0 Å². The summed E-state index contributed by atoms with van der Waals surface area (Å²) < 4.78 is 6.35. The molecular formula is C14H9N5O3. The van der Waals surface area contributed by atoms with Gasteiger partial charge in [-0.2, -0.15) is 4.52 Å². The Morgan fingerprint density at radius 1 is 1.27 bits per heavy atom. The molecule has 2 aromatic heterocycles. The van der Waals surface area contributed by atoms with Crippen molar-refractivity contribution in [3.63, 3.8) is 0 Å². The largest absolute Gasteiger partial charge is 0.457 e. The van der Waals surface area contributed by atoms with Crippen molar-refractivity contribution < 1.29 is 14.3 Å². The van der Waals surface area contributed by atoms with Crippen LogP contribution in [0.5, 0.6) is 0 Å². The zero-order chi connectivity index (χ0) is 15.1. The third-order valence-corrected chi connectivity index (χ3v) is 3.40. The molecule has 3 heterocycles. The van der Waals surface area contributed by atoms with Crippen LogP contribution < -0.4 is 5.32 Å². The van der Waals surface area contributed by atoms with Crippen molar-refractivity contribution in [1.29, 1.82) is 0 Å². The standard InChI is InChI=1S/C14H9N5O3/c20-13(8-1-4-12-16-17-18-19(12)6-8)15-10-2-3-11-9(5-10)7-22-14(11)21/h1-6H,7H2,(H,15,20). The predicted octanol–water partition coefficient (Wildman–Crippen LogP) is 1.05. The van der Waals surface area contributed by atoms with E-state index in [-0.39, 0.29) is 18.5 Å². The topological polar surface area (TPSA) is 98.5 Å². The molecule has 8 nitrogen and oxygen atoms in total. The van der Waals surface area contributed by atoms with Gasteiger partial charge in [0.25, 0.3) is 5.91 Å². The summed E-state index contributed by atoms with van der Waals surface area (Å²) in [5, 5.41) is 13.8. The Morgan fingerprint density at radius 2 is 2.18 bits per heavy atom. The molecule has 0 unspecified atom stereocenters. The van der Waals surface area contributed by atoms with Crippen molar-refractivity contribution in [2.45, 2.75) is 6.61 Å². The highest BCUT2D eigenvalue weighted by Crippen LogP contribution is 2.23. The number of fused-ring (bicyclic) bond motifs is 2. The van der Waals surface area contributed by atoms with E-state index in [2.05, 4.69) is 20.8 Å². The van der Waals surface area contributed by atoms with Crippen molar-refractivity contribution in [2.75, 3.05) is 5.32 Å². The van der Waals surface area contributed by atoms with E-state index in [9.17, 15) is 9.59 Å². The van der Waals surface area contributed by atoms with Crippen LogP contribution in [0.2, 0.25) is 0 Å². The van der Waals surface area contributed by atoms with Crippen LogP contribution in [0.25, 0.3) is 5.65 Å². The van der Waals surface area contributed by atoms with Gasteiger partial charge in [0.15, 0.2) is 5.65 Å². The van der Waals surface area contributed by atoms with Gasteiger partial charge in [-0.05, 0) is 40.8 Å². The molecule has 0 bridgehead atoms. The number of rotatable bonds is 2. The number of hydrogen-bond donors (Lipinski definition) is 1. The van der Waals surface area contributed by atoms with Crippen molar-refractivity contribution in [3.8, 4) is 0 Å². The number of nitrogens with one attached hydrogen (secondary N) is 1. The van der Waals surface area contributed by atoms with Crippen LogP contribution in [-0.2, 0) is 11.3 Å². The smallest absolute Gasteiger partial charge is 0.338 e. The molecule has 3 aromatic rings. The van der Waals surface area contributed by atoms with Crippen molar-refractivity contribution >= 4 is 23.2 Å². The Labute approximate surface area is 123 Å². The first-order chi connectivity index (χ1) is 10.7. The normalized spacial score (nSPS) is 13.0. The fourth-order valence-corrected chi connectivity index (χ4v) is 2.29. The quantitative estimate of drug-likeness (QED) is 0.709. The van der Waals surface area contributed by atoms with Gasteiger partial charge in [0.1, 0.15) is 6.61 Å². The molecule has 0 saturated heterocycles. The van der Waals surface area contributed by atoms with Gasteiger partial charge in [-0.1, -0.05) is 0 Å². The van der Waals surface area contributed by atoms with Crippen molar-refractivity contribution in [2.24, 2.45) is 0 Å². The Bertz CT molecular complexity index is 918. The van der Waals surface area contributed by atoms with Crippen LogP contribution in [0, 0.1) is 0 Å². The summed E-state index contributed by atoms with van der Waals surface area (Å²) in [6.45, 7) is 0.231. The summed E-state index contributed by atoms with van der Waals surface area (Å²) in [7, 11) is 0. The molecule has 1 N–H and O–H groups in total. The number of carbonyl (C=O) groups is 2. The van der Waals surface area contributed by atoms with Crippen LogP contribution in [0.1, 0.15) is 26.3 Å². The maximum absolute atomic E-state index is 12.3. The number of anilines is 1. The molecule has 0 saturated carbocycles.